The number of hydrogen-bond acceptors (Lipinski definition) is 2. The fourth-order valence-electron chi connectivity index (χ4n) is 2.18. The van der Waals surface area contributed by atoms with E-state index in [0.29, 0.717) is 12.5 Å². The number of hydrogen-bond donors (Lipinski definition) is 2. The third kappa shape index (κ3) is 7.84. The number of rotatable bonds is 8. The second-order valence-electron chi connectivity index (χ2n) is 5.31. The van der Waals surface area contributed by atoms with Crippen LogP contribution in [0.3, 0.4) is 0 Å². The zero-order valence-electron chi connectivity index (χ0n) is 13.0. The Balaban J connectivity index is 0.00000400. The monoisotopic (exact) mass is 376 g/mol. The summed E-state index contributed by atoms with van der Waals surface area (Å²) in [5.41, 5.74) is 1.31. The molecule has 0 aliphatic heterocycles. The van der Waals surface area contributed by atoms with E-state index < -0.39 is 0 Å². The largest absolute Gasteiger partial charge is 0.356 e. The first kappa shape index (κ1) is 20.4. The van der Waals surface area contributed by atoms with Crippen molar-refractivity contribution >= 4 is 34.2 Å². The lowest BCUT2D eigenvalue weighted by Crippen LogP contribution is -2.37. The van der Waals surface area contributed by atoms with E-state index in [4.69, 9.17) is 0 Å². The van der Waals surface area contributed by atoms with Crippen molar-refractivity contribution in [2.24, 2.45) is 11.8 Å². The molecule has 0 aliphatic rings. The smallest absolute Gasteiger partial charge is 0.224 e. The zero-order valence-corrected chi connectivity index (χ0v) is 15.4. The van der Waals surface area contributed by atoms with E-state index >= 15 is 0 Å². The lowest BCUT2D eigenvalue weighted by molar-refractivity contribution is -0.124. The minimum atomic E-state index is 0. The van der Waals surface area contributed by atoms with Gasteiger partial charge in [0.15, 0.2) is 0 Å². The summed E-state index contributed by atoms with van der Waals surface area (Å²) >= 11 is 3.50. The van der Waals surface area contributed by atoms with Gasteiger partial charge >= 0.3 is 0 Å². The summed E-state index contributed by atoms with van der Waals surface area (Å²) in [6.07, 6.45) is 2.06. The van der Waals surface area contributed by atoms with Gasteiger partial charge in [-0.3, -0.25) is 4.79 Å². The molecule has 1 aromatic rings. The van der Waals surface area contributed by atoms with Gasteiger partial charge in [0.05, 0.1) is 0 Å². The van der Waals surface area contributed by atoms with Gasteiger partial charge in [0.25, 0.3) is 0 Å². The van der Waals surface area contributed by atoms with Crippen molar-refractivity contribution < 1.29 is 4.79 Å². The van der Waals surface area contributed by atoms with Crippen LogP contribution in [0.4, 0.5) is 0 Å². The zero-order chi connectivity index (χ0) is 15.0. The third-order valence-corrected chi connectivity index (χ3v) is 4.01. The maximum atomic E-state index is 11.9. The van der Waals surface area contributed by atoms with Crippen LogP contribution in [0.25, 0.3) is 0 Å². The molecule has 2 unspecified atom stereocenters. The van der Waals surface area contributed by atoms with Crippen LogP contribution in [-0.4, -0.2) is 26.0 Å². The number of carbonyl (C=O) groups is 1. The predicted molar refractivity (Wildman–Crippen MR) is 95.0 cm³/mol. The molecule has 3 nitrogen and oxygen atoms in total. The molecule has 0 radical (unpaired) electrons. The van der Waals surface area contributed by atoms with E-state index in [9.17, 15) is 4.79 Å². The molecule has 120 valence electrons. The van der Waals surface area contributed by atoms with E-state index in [2.05, 4.69) is 51.7 Å². The van der Waals surface area contributed by atoms with Gasteiger partial charge in [-0.15, -0.1) is 12.4 Å². The highest BCUT2D eigenvalue weighted by atomic mass is 79.9. The molecule has 2 N–H and O–H groups in total. The van der Waals surface area contributed by atoms with Crippen molar-refractivity contribution in [1.82, 2.24) is 10.6 Å². The van der Waals surface area contributed by atoms with Crippen LogP contribution in [0, 0.1) is 11.8 Å². The Hall–Kier alpha value is -0.580. The summed E-state index contributed by atoms with van der Waals surface area (Å²) in [6.45, 7) is 5.58. The summed E-state index contributed by atoms with van der Waals surface area (Å²) in [6, 6.07) is 8.37. The van der Waals surface area contributed by atoms with E-state index in [1.165, 1.54) is 5.56 Å². The van der Waals surface area contributed by atoms with Gasteiger partial charge in [-0.05, 0) is 37.1 Å². The van der Waals surface area contributed by atoms with Crippen LogP contribution in [-0.2, 0) is 11.2 Å². The quantitative estimate of drug-likeness (QED) is 0.729. The Labute approximate surface area is 142 Å². The van der Waals surface area contributed by atoms with Crippen LogP contribution < -0.4 is 10.6 Å². The molecule has 5 heteroatoms. The van der Waals surface area contributed by atoms with Crippen LogP contribution in [0.5, 0.6) is 0 Å². The minimum absolute atomic E-state index is 0. The first-order chi connectivity index (χ1) is 9.56. The Morgan fingerprint density at radius 1 is 1.33 bits per heavy atom. The summed E-state index contributed by atoms with van der Waals surface area (Å²) in [5.74, 6) is 0.630. The van der Waals surface area contributed by atoms with Gasteiger partial charge < -0.3 is 10.6 Å². The molecule has 1 amide bonds. The Bertz CT molecular complexity index is 428. The number of nitrogens with one attached hydrogen (secondary N) is 2. The van der Waals surface area contributed by atoms with Crippen LogP contribution in [0.15, 0.2) is 28.7 Å². The van der Waals surface area contributed by atoms with Crippen LogP contribution >= 0.6 is 28.3 Å². The molecule has 1 aromatic carbocycles. The normalized spacial score (nSPS) is 13.1. The second kappa shape index (κ2) is 11.0. The summed E-state index contributed by atoms with van der Waals surface area (Å²) in [5, 5.41) is 6.09. The average Bonchev–Trinajstić information content (AvgIpc) is 2.43. The molecule has 0 saturated heterocycles. The van der Waals surface area contributed by atoms with Gasteiger partial charge in [0.1, 0.15) is 0 Å². The average molecular weight is 378 g/mol. The van der Waals surface area contributed by atoms with Crippen LogP contribution in [0.2, 0.25) is 0 Å². The van der Waals surface area contributed by atoms with Gasteiger partial charge in [-0.2, -0.15) is 0 Å². The minimum Gasteiger partial charge on any atom is -0.356 e. The van der Waals surface area contributed by atoms with Gasteiger partial charge in [0.2, 0.25) is 5.91 Å². The number of benzene rings is 1. The second-order valence-corrected chi connectivity index (χ2v) is 6.23. The molecule has 0 aliphatic carbocycles. The molecular weight excluding hydrogens is 352 g/mol. The summed E-state index contributed by atoms with van der Waals surface area (Å²) in [4.78, 5) is 11.9. The Morgan fingerprint density at radius 3 is 2.62 bits per heavy atom. The first-order valence-electron chi connectivity index (χ1n) is 7.23. The van der Waals surface area contributed by atoms with E-state index in [1.54, 1.807) is 0 Å². The predicted octanol–water partition coefficient (Wildman–Crippen LogP) is 3.41. The fourth-order valence-corrected chi connectivity index (χ4v) is 2.62. The first-order valence-corrected chi connectivity index (χ1v) is 8.02. The lowest BCUT2D eigenvalue weighted by atomic mass is 9.96. The van der Waals surface area contributed by atoms with Gasteiger partial charge in [0, 0.05) is 23.5 Å². The molecule has 0 saturated carbocycles. The summed E-state index contributed by atoms with van der Waals surface area (Å²) in [7, 11) is 1.87. The SMILES string of the molecule is CCC(CNC(=O)C(C)CNC)Cc1cccc(Br)c1.Cl. The van der Waals surface area contributed by atoms with Crippen molar-refractivity contribution in [3.05, 3.63) is 34.3 Å². The van der Waals surface area contributed by atoms with Crippen molar-refractivity contribution in [1.29, 1.82) is 0 Å². The lowest BCUT2D eigenvalue weighted by Gasteiger charge is -2.18. The highest BCUT2D eigenvalue weighted by Crippen LogP contribution is 2.16. The fraction of sp³-hybridized carbons (Fsp3) is 0.562. The van der Waals surface area contributed by atoms with Crippen molar-refractivity contribution in [2.75, 3.05) is 20.1 Å². The van der Waals surface area contributed by atoms with Crippen molar-refractivity contribution in [2.45, 2.75) is 26.7 Å². The summed E-state index contributed by atoms with van der Waals surface area (Å²) < 4.78 is 1.11. The molecule has 21 heavy (non-hydrogen) atoms. The Morgan fingerprint density at radius 2 is 2.05 bits per heavy atom. The van der Waals surface area contributed by atoms with E-state index in [1.807, 2.05) is 20.0 Å². The van der Waals surface area contributed by atoms with Crippen molar-refractivity contribution in [3.63, 3.8) is 0 Å². The molecule has 0 spiro atoms. The molecule has 0 aromatic heterocycles. The van der Waals surface area contributed by atoms with E-state index in [-0.39, 0.29) is 24.2 Å². The molecular formula is C16H26BrClN2O. The molecule has 1 rings (SSSR count). The van der Waals surface area contributed by atoms with Gasteiger partial charge in [-0.1, -0.05) is 48.3 Å². The van der Waals surface area contributed by atoms with E-state index in [0.717, 1.165) is 23.9 Å². The molecule has 0 heterocycles. The number of amides is 1. The molecule has 2 atom stereocenters. The Kier molecular flexibility index (Phi) is 10.7. The number of carbonyl (C=O) groups excluding carboxylic acids is 1. The molecule has 0 bridgehead atoms. The molecule has 0 fully saturated rings. The highest BCUT2D eigenvalue weighted by Gasteiger charge is 2.14. The maximum Gasteiger partial charge on any atom is 0.224 e. The van der Waals surface area contributed by atoms with Gasteiger partial charge in [-0.25, -0.2) is 0 Å². The third-order valence-electron chi connectivity index (χ3n) is 3.51. The standard InChI is InChI=1S/C16H25BrN2O.ClH/c1-4-13(8-14-6-5-7-15(17)9-14)11-19-16(20)12(2)10-18-3;/h5-7,9,12-13,18H,4,8,10-11H2,1-3H3,(H,19,20);1H. The number of halogens is 2. The maximum absolute atomic E-state index is 11.9. The topological polar surface area (TPSA) is 41.1 Å². The van der Waals surface area contributed by atoms with Crippen LogP contribution in [0.1, 0.15) is 25.8 Å². The highest BCUT2D eigenvalue weighted by molar-refractivity contribution is 9.10. The van der Waals surface area contributed by atoms with Crippen molar-refractivity contribution in [3.8, 4) is 0 Å².